The van der Waals surface area contributed by atoms with E-state index in [4.69, 9.17) is 28.4 Å². The first-order valence-corrected chi connectivity index (χ1v) is 36.0. The Morgan fingerprint density at radius 3 is 1.34 bits per heavy atom. The fourth-order valence-electron chi connectivity index (χ4n) is 11.7. The van der Waals surface area contributed by atoms with Gasteiger partial charge in [-0.3, -0.25) is 14.4 Å². The number of rotatable bonds is 30. The second-order valence-electron chi connectivity index (χ2n) is 26.0. The van der Waals surface area contributed by atoms with Crippen LogP contribution in [0.1, 0.15) is 124 Å². The highest BCUT2D eigenvalue weighted by molar-refractivity contribution is 5.97. The molecule has 1 fully saturated rings. The molecule has 0 saturated carbocycles. The molecule has 0 aliphatic carbocycles. The van der Waals surface area contributed by atoms with Crippen molar-refractivity contribution in [1.82, 2.24) is 20.4 Å². The zero-order chi connectivity index (χ0) is 76.5. The fourth-order valence-corrected chi connectivity index (χ4v) is 11.7. The van der Waals surface area contributed by atoms with Crippen molar-refractivity contribution >= 4 is 64.4 Å². The van der Waals surface area contributed by atoms with E-state index >= 15 is 0 Å². The molecule has 6 radical (unpaired) electrons. The molecule has 18 nitrogen and oxygen atoms in total. The number of amides is 3. The summed E-state index contributed by atoms with van der Waals surface area (Å²) >= 11 is 0. The molecule has 20 heteroatoms. The molecule has 0 bridgehead atoms. The zero-order valence-corrected chi connectivity index (χ0v) is 63.5. The average molecular weight is 1510 g/mol. The smallest absolute Gasteiger partial charge is 0.408 e. The van der Waals surface area contributed by atoms with Crippen LogP contribution in [0.2, 0.25) is 0 Å². The van der Waals surface area contributed by atoms with E-state index in [0.29, 0.717) is 51.3 Å². The number of hydrogen-bond donors (Lipinski definition) is 2. The van der Waals surface area contributed by atoms with Crippen molar-refractivity contribution in [1.29, 1.82) is 0 Å². The van der Waals surface area contributed by atoms with E-state index < -0.39 is 41.7 Å². The fraction of sp³-hybridized carbons (Fsp3) is 0.341. The van der Waals surface area contributed by atoms with Gasteiger partial charge < -0.3 is 48.9 Å². The van der Waals surface area contributed by atoms with Crippen molar-refractivity contribution in [3.05, 3.63) is 312 Å². The van der Waals surface area contributed by atoms with E-state index in [1.54, 1.807) is 72.4 Å². The summed E-state index contributed by atoms with van der Waals surface area (Å²) in [6.45, 7) is 18.5. The van der Waals surface area contributed by atoms with Crippen LogP contribution in [-0.2, 0) is 107 Å². The van der Waals surface area contributed by atoms with Gasteiger partial charge in [0.25, 0.3) is 0 Å². The molecule has 1 saturated heterocycles. The number of likely N-dealkylation sites (tertiary alicyclic amines) is 1. The minimum Gasteiger partial charge on any atom is -0.483 e. The lowest BCUT2D eigenvalue weighted by atomic mass is 9.81. The molecule has 2 aliphatic heterocycles. The molecule has 3 amide bonds. The summed E-state index contributed by atoms with van der Waals surface area (Å²) in [5.74, 6) is -2.12. The molecule has 588 valence electrons. The van der Waals surface area contributed by atoms with Gasteiger partial charge in [0.15, 0.2) is 5.78 Å². The minimum absolute atomic E-state index is 0. The van der Waals surface area contributed by atoms with E-state index in [-0.39, 0.29) is 106 Å². The number of hydrogen-bond acceptors (Lipinski definition) is 15. The maximum absolute atomic E-state index is 13.5. The molecule has 7 aromatic carbocycles. The molecule has 9 rings (SSSR count). The van der Waals surface area contributed by atoms with E-state index in [0.717, 1.165) is 40.8 Å². The molecule has 111 heavy (non-hydrogen) atoms. The molecular weight excluding hydrogens is 1390 g/mol. The highest BCUT2D eigenvalue weighted by atomic mass is 16.6. The number of fused-ring (bicyclic) bond motifs is 1. The molecule has 2 N–H and O–H groups in total. The molecule has 2 heterocycles. The van der Waals surface area contributed by atoms with Crippen LogP contribution in [0.3, 0.4) is 0 Å². The van der Waals surface area contributed by atoms with Gasteiger partial charge in [0.2, 0.25) is 17.9 Å². The second-order valence-corrected chi connectivity index (χ2v) is 26.0. The van der Waals surface area contributed by atoms with Crippen LogP contribution in [0.15, 0.2) is 273 Å². The molecule has 0 aromatic heterocycles. The summed E-state index contributed by atoms with van der Waals surface area (Å²) in [6.07, 6.45) is 15.0. The molecular formula is C91H114B2N4O14. The predicted octanol–water partition coefficient (Wildman–Crippen LogP) is 15.5. The monoisotopic (exact) mass is 1510 g/mol. The SMILES string of the molecule is C.C.C.CCOC(=O)/C=C/[C@H](Cc1ccccc1)N(Cc1ccccc1)C(=O)/C=C/C(C)=O.CCOC(=O)/C=C/[C@H](Cc1ccccc1)NC(=O)OC(C)(C)C.CCOC(=O)/C=C/[C@H](Cc1ccccc1)NCc1ccccc1.CCOC(=O)[C@H]1OC(C)=C[C@@H]2C(=O)N(Cc3ccccc3)[C@@H](Cc3ccccc3)[C@@H]21.[B].[B]. The van der Waals surface area contributed by atoms with Crippen LogP contribution in [0.4, 0.5) is 4.79 Å². The summed E-state index contributed by atoms with van der Waals surface area (Å²) in [7, 11) is 0. The first-order chi connectivity index (χ1) is 51.1. The predicted molar refractivity (Wildman–Crippen MR) is 443 cm³/mol. The van der Waals surface area contributed by atoms with E-state index in [2.05, 4.69) is 47.0 Å². The van der Waals surface area contributed by atoms with Gasteiger partial charge in [0.1, 0.15) is 5.60 Å². The Bertz CT molecular complexity index is 3990. The van der Waals surface area contributed by atoms with E-state index in [9.17, 15) is 38.4 Å². The van der Waals surface area contributed by atoms with E-state index in [1.165, 1.54) is 48.4 Å². The summed E-state index contributed by atoms with van der Waals surface area (Å²) < 4.78 is 31.3. The van der Waals surface area contributed by atoms with Crippen LogP contribution in [0.25, 0.3) is 0 Å². The average Bonchev–Trinajstić information content (AvgIpc) is 1.60. The van der Waals surface area contributed by atoms with Gasteiger partial charge in [0, 0.05) is 78.8 Å². The maximum atomic E-state index is 13.5. The Hall–Kier alpha value is -11.1. The number of carbonyl (C=O) groups is 8. The Kier molecular flexibility index (Phi) is 47.3. The number of allylic oxidation sites excluding steroid dienone is 2. The van der Waals surface area contributed by atoms with Gasteiger partial charge in [-0.25, -0.2) is 24.0 Å². The largest absolute Gasteiger partial charge is 0.483 e. The third-order valence-electron chi connectivity index (χ3n) is 16.5. The second kappa shape index (κ2) is 53.7. The van der Waals surface area contributed by atoms with E-state index in [1.807, 2.05) is 193 Å². The third kappa shape index (κ3) is 36.8. The summed E-state index contributed by atoms with van der Waals surface area (Å²) in [6, 6.07) is 68.7. The van der Waals surface area contributed by atoms with Crippen molar-refractivity contribution in [2.24, 2.45) is 11.8 Å². The van der Waals surface area contributed by atoms with Gasteiger partial charge >= 0.3 is 30.0 Å². The van der Waals surface area contributed by atoms with Crippen molar-refractivity contribution in [3.8, 4) is 0 Å². The number of nitrogens with one attached hydrogen (secondary N) is 2. The van der Waals surface area contributed by atoms with Crippen LogP contribution in [0, 0.1) is 11.8 Å². The van der Waals surface area contributed by atoms with Gasteiger partial charge in [-0.1, -0.05) is 253 Å². The minimum atomic E-state index is -0.779. The van der Waals surface area contributed by atoms with Crippen molar-refractivity contribution in [2.75, 3.05) is 26.4 Å². The summed E-state index contributed by atoms with van der Waals surface area (Å²) in [4.78, 5) is 101. The van der Waals surface area contributed by atoms with Gasteiger partial charge in [0.05, 0.1) is 50.2 Å². The normalized spacial score (nSPS) is 15.3. The number of nitrogens with zero attached hydrogens (tertiary/aromatic N) is 2. The number of benzene rings is 7. The zero-order valence-electron chi connectivity index (χ0n) is 63.5. The Morgan fingerprint density at radius 2 is 0.901 bits per heavy atom. The molecule has 0 unspecified atom stereocenters. The first kappa shape index (κ1) is 97.9. The van der Waals surface area contributed by atoms with Crippen LogP contribution < -0.4 is 10.6 Å². The summed E-state index contributed by atoms with van der Waals surface area (Å²) in [5.41, 5.74) is 7.08. The number of ether oxygens (including phenoxy) is 6. The quantitative estimate of drug-likeness (QED) is 0.0185. The topological polar surface area (TPSA) is 222 Å². The lowest BCUT2D eigenvalue weighted by Gasteiger charge is -2.34. The highest BCUT2D eigenvalue weighted by Gasteiger charge is 2.55. The number of alkyl carbamates (subject to hydrolysis) is 1. The Labute approximate surface area is 663 Å². The lowest BCUT2D eigenvalue weighted by molar-refractivity contribution is -0.160. The first-order valence-electron chi connectivity index (χ1n) is 36.0. The highest BCUT2D eigenvalue weighted by Crippen LogP contribution is 2.43. The lowest BCUT2D eigenvalue weighted by Crippen LogP contribution is -2.45. The van der Waals surface area contributed by atoms with Crippen LogP contribution in [-0.4, -0.2) is 136 Å². The molecule has 7 aromatic rings. The Balaban J connectivity index is 0.000000735. The molecule has 0 spiro atoms. The summed E-state index contributed by atoms with van der Waals surface area (Å²) in [5, 5.41) is 6.25. The van der Waals surface area contributed by atoms with Crippen LogP contribution >= 0.6 is 0 Å². The number of carbonyl (C=O) groups excluding carboxylic acids is 8. The Morgan fingerprint density at radius 1 is 0.505 bits per heavy atom. The number of esters is 4. The van der Waals surface area contributed by atoms with Crippen LogP contribution in [0.5, 0.6) is 0 Å². The van der Waals surface area contributed by atoms with Crippen molar-refractivity contribution < 1.29 is 66.8 Å². The van der Waals surface area contributed by atoms with Crippen molar-refractivity contribution in [3.63, 3.8) is 0 Å². The van der Waals surface area contributed by atoms with Gasteiger partial charge in [-0.15, -0.1) is 0 Å². The van der Waals surface area contributed by atoms with Gasteiger partial charge in [-0.05, 0) is 139 Å². The maximum Gasteiger partial charge on any atom is 0.408 e. The van der Waals surface area contributed by atoms with Gasteiger partial charge in [-0.2, -0.15) is 0 Å². The standard InChI is InChI=1S/2C25H27NO4.C20H23NO2.C18H25NO4.3CH4.2B/c1-3-29-25(28)23-22-20(14-17(2)30-23)24(27)26(16-19-12-8-5-9-13-19)21(22)15-18-10-6-4-7-11-18;1-3-30-25(29)17-15-23(18-21-10-6-4-7-11-21)26(24(28)16-14-20(2)27)19-22-12-8-5-9-13-22;1-2-23-20(22)14-13-19(15-17-9-5-3-6-10-17)21-16-18-11-7-4-8-12-18;1-5-22-16(20)12-11-15(13-14-9-7-6-8-10-14)19-17(21)23-18(2,3)4;;;;;/h4-14,20-23H,3,15-16H2,1-2H3;4-17,23H,3,18-19H2,1-2H3;3-14,19,21H,2,15-16H2,1H3;6-12,15H,5,13H2,1-4H3,(H,19,21);3*1H4;;/b;16-14+,17-15+;14-13+;12-11+;;;;;/t20-,21-,22+,23-;23-;19-;15-;;;;;/m0111...../s1. The molecule has 2 aliphatic rings. The molecule has 7 atom stereocenters. The van der Waals surface area contributed by atoms with Crippen molar-refractivity contribution in [2.45, 2.75) is 166 Å². The number of ketones is 1. The third-order valence-corrected chi connectivity index (χ3v) is 16.5.